The normalized spacial score (nSPS) is 19.0. The molecule has 1 aliphatic rings. The monoisotopic (exact) mass is 289 g/mol. The molecule has 2 aromatic rings. The van der Waals surface area contributed by atoms with Crippen molar-refractivity contribution in [2.75, 3.05) is 13.1 Å². The average molecular weight is 289 g/mol. The fraction of sp³-hybridized carbons (Fsp3) is 0.571. The van der Waals surface area contributed by atoms with Crippen molar-refractivity contribution >= 4 is 5.91 Å². The first-order valence-corrected chi connectivity index (χ1v) is 7.31. The zero-order valence-electron chi connectivity index (χ0n) is 12.3. The van der Waals surface area contributed by atoms with E-state index in [1.807, 2.05) is 24.8 Å². The molecule has 112 valence electrons. The van der Waals surface area contributed by atoms with Gasteiger partial charge in [-0.25, -0.2) is 0 Å². The SMILES string of the molecule is CCc1oc(C(=O)N2CCC[C@H](c3nn[nH]n3)C2)cc1C. The number of H-pyrrole nitrogens is 1. The topological polar surface area (TPSA) is 87.9 Å². The van der Waals surface area contributed by atoms with E-state index in [2.05, 4.69) is 20.6 Å². The summed E-state index contributed by atoms with van der Waals surface area (Å²) < 4.78 is 5.66. The Hall–Kier alpha value is -2.18. The quantitative estimate of drug-likeness (QED) is 0.928. The van der Waals surface area contributed by atoms with Crippen LogP contribution in [0.25, 0.3) is 0 Å². The molecule has 0 bridgehead atoms. The van der Waals surface area contributed by atoms with E-state index in [1.165, 1.54) is 0 Å². The van der Waals surface area contributed by atoms with Crippen LogP contribution in [0.1, 0.15) is 53.4 Å². The highest BCUT2D eigenvalue weighted by molar-refractivity contribution is 5.92. The van der Waals surface area contributed by atoms with Crippen LogP contribution in [-0.2, 0) is 6.42 Å². The highest BCUT2D eigenvalue weighted by Crippen LogP contribution is 2.26. The van der Waals surface area contributed by atoms with Crippen LogP contribution < -0.4 is 0 Å². The number of hydrogen-bond acceptors (Lipinski definition) is 5. The minimum atomic E-state index is -0.0500. The average Bonchev–Trinajstić information content (AvgIpc) is 3.16. The van der Waals surface area contributed by atoms with Gasteiger partial charge in [0.1, 0.15) is 5.76 Å². The Morgan fingerprint density at radius 3 is 3.10 bits per heavy atom. The predicted molar refractivity (Wildman–Crippen MR) is 74.9 cm³/mol. The second kappa shape index (κ2) is 5.67. The molecule has 0 aromatic carbocycles. The van der Waals surface area contributed by atoms with E-state index in [0.717, 1.165) is 37.1 Å². The van der Waals surface area contributed by atoms with Gasteiger partial charge in [0.15, 0.2) is 11.6 Å². The number of likely N-dealkylation sites (tertiary alicyclic amines) is 1. The van der Waals surface area contributed by atoms with Crippen molar-refractivity contribution < 1.29 is 9.21 Å². The molecule has 7 nitrogen and oxygen atoms in total. The van der Waals surface area contributed by atoms with Gasteiger partial charge in [-0.1, -0.05) is 12.1 Å². The lowest BCUT2D eigenvalue weighted by molar-refractivity contribution is 0.0670. The van der Waals surface area contributed by atoms with E-state index in [-0.39, 0.29) is 11.8 Å². The molecule has 1 fully saturated rings. The van der Waals surface area contributed by atoms with E-state index >= 15 is 0 Å². The zero-order chi connectivity index (χ0) is 14.8. The number of aromatic amines is 1. The Bertz CT molecular complexity index is 619. The molecule has 3 heterocycles. The van der Waals surface area contributed by atoms with Gasteiger partial charge in [0, 0.05) is 25.4 Å². The largest absolute Gasteiger partial charge is 0.456 e. The van der Waals surface area contributed by atoms with E-state index in [4.69, 9.17) is 4.42 Å². The maximum atomic E-state index is 12.6. The van der Waals surface area contributed by atoms with Crippen molar-refractivity contribution in [3.8, 4) is 0 Å². The molecule has 1 N–H and O–H groups in total. The third kappa shape index (κ3) is 2.68. The summed E-state index contributed by atoms with van der Waals surface area (Å²) in [5.41, 5.74) is 1.03. The highest BCUT2D eigenvalue weighted by atomic mass is 16.4. The van der Waals surface area contributed by atoms with Crippen molar-refractivity contribution in [3.05, 3.63) is 29.0 Å². The molecule has 2 aromatic heterocycles. The molecule has 21 heavy (non-hydrogen) atoms. The standard InChI is InChI=1S/C14H19N5O2/c1-3-11-9(2)7-12(21-11)14(20)19-6-4-5-10(8-19)13-15-17-18-16-13/h7,10H,3-6,8H2,1-2H3,(H,15,16,17,18)/t10-/m0/s1. The summed E-state index contributed by atoms with van der Waals surface area (Å²) >= 11 is 0. The molecular weight excluding hydrogens is 270 g/mol. The molecule has 3 rings (SSSR count). The molecule has 0 saturated carbocycles. The van der Waals surface area contributed by atoms with Gasteiger partial charge < -0.3 is 9.32 Å². The zero-order valence-corrected chi connectivity index (χ0v) is 12.3. The first-order valence-electron chi connectivity index (χ1n) is 7.31. The molecule has 1 atom stereocenters. The van der Waals surface area contributed by atoms with E-state index in [0.29, 0.717) is 18.1 Å². The van der Waals surface area contributed by atoms with Crippen LogP contribution in [0.4, 0.5) is 0 Å². The lowest BCUT2D eigenvalue weighted by atomic mass is 9.97. The fourth-order valence-corrected chi connectivity index (χ4v) is 2.85. The Morgan fingerprint density at radius 1 is 1.57 bits per heavy atom. The van der Waals surface area contributed by atoms with E-state index in [9.17, 15) is 4.79 Å². The number of nitrogens with zero attached hydrogens (tertiary/aromatic N) is 4. The molecule has 1 aliphatic heterocycles. The Labute approximate surface area is 122 Å². The van der Waals surface area contributed by atoms with Gasteiger partial charge in [0.05, 0.1) is 0 Å². The Morgan fingerprint density at radius 2 is 2.43 bits per heavy atom. The number of furan rings is 1. The maximum absolute atomic E-state index is 12.6. The molecule has 0 unspecified atom stereocenters. The Kier molecular flexibility index (Phi) is 3.72. The van der Waals surface area contributed by atoms with Crippen LogP contribution in [0.3, 0.4) is 0 Å². The first kappa shape index (κ1) is 13.8. The summed E-state index contributed by atoms with van der Waals surface area (Å²) in [6, 6.07) is 1.83. The van der Waals surface area contributed by atoms with Crippen molar-refractivity contribution in [1.29, 1.82) is 0 Å². The number of aryl methyl sites for hydroxylation is 2. The van der Waals surface area contributed by atoms with Gasteiger partial charge in [-0.2, -0.15) is 5.21 Å². The van der Waals surface area contributed by atoms with Crippen LogP contribution in [-0.4, -0.2) is 44.5 Å². The minimum Gasteiger partial charge on any atom is -0.456 e. The van der Waals surface area contributed by atoms with Gasteiger partial charge in [-0.15, -0.1) is 10.2 Å². The van der Waals surface area contributed by atoms with Crippen LogP contribution >= 0.6 is 0 Å². The first-order chi connectivity index (χ1) is 10.2. The highest BCUT2D eigenvalue weighted by Gasteiger charge is 2.29. The van der Waals surface area contributed by atoms with Crippen molar-refractivity contribution in [3.63, 3.8) is 0 Å². The summed E-state index contributed by atoms with van der Waals surface area (Å²) in [5, 5.41) is 14.1. The lowest BCUT2D eigenvalue weighted by Gasteiger charge is -2.30. The smallest absolute Gasteiger partial charge is 0.289 e. The number of hydrogen-bond donors (Lipinski definition) is 1. The number of amides is 1. The van der Waals surface area contributed by atoms with E-state index < -0.39 is 0 Å². The molecule has 7 heteroatoms. The number of tetrazole rings is 1. The van der Waals surface area contributed by atoms with Crippen molar-refractivity contribution in [2.24, 2.45) is 0 Å². The van der Waals surface area contributed by atoms with Gasteiger partial charge in [0.2, 0.25) is 0 Å². The van der Waals surface area contributed by atoms with Crippen LogP contribution in [0, 0.1) is 6.92 Å². The van der Waals surface area contributed by atoms with Crippen LogP contribution in [0.5, 0.6) is 0 Å². The summed E-state index contributed by atoms with van der Waals surface area (Å²) in [6.07, 6.45) is 2.70. The molecule has 0 aliphatic carbocycles. The Balaban J connectivity index is 1.74. The molecule has 1 amide bonds. The fourth-order valence-electron chi connectivity index (χ4n) is 2.85. The maximum Gasteiger partial charge on any atom is 0.289 e. The third-order valence-corrected chi connectivity index (χ3v) is 3.99. The molecular formula is C14H19N5O2. The lowest BCUT2D eigenvalue weighted by Crippen LogP contribution is -2.39. The predicted octanol–water partition coefficient (Wildman–Crippen LogP) is 1.68. The summed E-state index contributed by atoms with van der Waals surface area (Å²) in [7, 11) is 0. The number of aromatic nitrogens is 4. The molecule has 0 spiro atoms. The number of carbonyl (C=O) groups excluding carboxylic acids is 1. The second-order valence-electron chi connectivity index (χ2n) is 5.43. The summed E-state index contributed by atoms with van der Waals surface area (Å²) in [5.74, 6) is 2.08. The summed E-state index contributed by atoms with van der Waals surface area (Å²) in [4.78, 5) is 14.4. The van der Waals surface area contributed by atoms with Crippen molar-refractivity contribution in [1.82, 2.24) is 25.5 Å². The number of rotatable bonds is 3. The molecule has 0 radical (unpaired) electrons. The van der Waals surface area contributed by atoms with Crippen LogP contribution in [0.2, 0.25) is 0 Å². The number of piperidine rings is 1. The van der Waals surface area contributed by atoms with E-state index in [1.54, 1.807) is 0 Å². The number of carbonyl (C=O) groups is 1. The van der Waals surface area contributed by atoms with Crippen molar-refractivity contribution in [2.45, 2.75) is 39.0 Å². The van der Waals surface area contributed by atoms with Crippen LogP contribution in [0.15, 0.2) is 10.5 Å². The summed E-state index contributed by atoms with van der Waals surface area (Å²) in [6.45, 7) is 5.35. The van der Waals surface area contributed by atoms with Gasteiger partial charge in [-0.3, -0.25) is 4.79 Å². The van der Waals surface area contributed by atoms with Gasteiger partial charge in [-0.05, 0) is 31.4 Å². The van der Waals surface area contributed by atoms with Gasteiger partial charge >= 0.3 is 0 Å². The van der Waals surface area contributed by atoms with Gasteiger partial charge in [0.25, 0.3) is 5.91 Å². The molecule has 1 saturated heterocycles. The number of nitrogens with one attached hydrogen (secondary N) is 1. The second-order valence-corrected chi connectivity index (χ2v) is 5.43. The minimum absolute atomic E-state index is 0.0500. The third-order valence-electron chi connectivity index (χ3n) is 3.99.